The van der Waals surface area contributed by atoms with Crippen molar-refractivity contribution >= 4 is 21.2 Å². The van der Waals surface area contributed by atoms with E-state index in [4.69, 9.17) is 0 Å². The molecule has 0 fully saturated rings. The van der Waals surface area contributed by atoms with Crippen molar-refractivity contribution in [2.24, 2.45) is 0 Å². The maximum Gasteiger partial charge on any atom is 0.416 e. The van der Waals surface area contributed by atoms with Gasteiger partial charge in [0.05, 0.1) is 11.3 Å². The van der Waals surface area contributed by atoms with Crippen LogP contribution in [0.3, 0.4) is 0 Å². The molecule has 8 heteroatoms. The lowest BCUT2D eigenvalue weighted by atomic mass is 10.1. The van der Waals surface area contributed by atoms with Crippen LogP contribution in [0.4, 0.5) is 13.2 Å². The number of hydrogen-bond donors (Lipinski definition) is 0. The first-order valence-electron chi connectivity index (χ1n) is 5.01. The highest BCUT2D eigenvalue weighted by molar-refractivity contribution is 7.92. The van der Waals surface area contributed by atoms with Crippen molar-refractivity contribution in [2.45, 2.75) is 10.5 Å². The number of hydrogen-bond acceptors (Lipinski definition) is 4. The van der Waals surface area contributed by atoms with Gasteiger partial charge in [0, 0.05) is 17.2 Å². The van der Waals surface area contributed by atoms with Gasteiger partial charge in [-0.15, -0.1) is 11.3 Å². The molecule has 1 aromatic carbocycles. The number of benzene rings is 1. The number of halogens is 3. The summed E-state index contributed by atoms with van der Waals surface area (Å²) in [5.74, 6) is 0. The first-order valence-corrected chi connectivity index (χ1v) is 7.78. The van der Waals surface area contributed by atoms with Crippen molar-refractivity contribution in [3.8, 4) is 11.3 Å². The van der Waals surface area contributed by atoms with Gasteiger partial charge in [-0.05, 0) is 12.1 Å². The second-order valence-corrected chi connectivity index (χ2v) is 6.90. The Morgan fingerprint density at radius 1 is 1.26 bits per heavy atom. The lowest BCUT2D eigenvalue weighted by Gasteiger charge is -2.07. The SMILES string of the molecule is CS(=O)(=O)c1nc(-c2cccc(C(F)(F)F)c2)cs1. The minimum absolute atomic E-state index is 0.111. The van der Waals surface area contributed by atoms with Crippen LogP contribution in [0.5, 0.6) is 0 Å². The average molecular weight is 307 g/mol. The minimum atomic E-state index is -4.44. The fraction of sp³-hybridized carbons (Fsp3) is 0.182. The van der Waals surface area contributed by atoms with Crippen molar-refractivity contribution in [1.29, 1.82) is 0 Å². The van der Waals surface area contributed by atoms with Crippen LogP contribution in [-0.2, 0) is 16.0 Å². The second-order valence-electron chi connectivity index (χ2n) is 3.85. The van der Waals surface area contributed by atoms with E-state index in [0.29, 0.717) is 0 Å². The molecule has 3 nitrogen and oxygen atoms in total. The Bertz CT molecular complexity index is 705. The lowest BCUT2D eigenvalue weighted by Crippen LogP contribution is -2.04. The summed E-state index contributed by atoms with van der Waals surface area (Å²) in [6, 6.07) is 4.61. The van der Waals surface area contributed by atoms with Gasteiger partial charge >= 0.3 is 6.18 Å². The summed E-state index contributed by atoms with van der Waals surface area (Å²) in [7, 11) is -3.44. The largest absolute Gasteiger partial charge is 0.416 e. The molecule has 0 amide bonds. The third-order valence-electron chi connectivity index (χ3n) is 2.29. The van der Waals surface area contributed by atoms with Gasteiger partial charge in [0.15, 0.2) is 0 Å². The molecule has 0 aliphatic rings. The van der Waals surface area contributed by atoms with Crippen molar-refractivity contribution in [2.75, 3.05) is 6.26 Å². The summed E-state index contributed by atoms with van der Waals surface area (Å²) in [6.07, 6.45) is -3.44. The van der Waals surface area contributed by atoms with Gasteiger partial charge in [-0.1, -0.05) is 12.1 Å². The molecular formula is C11H8F3NO2S2. The van der Waals surface area contributed by atoms with Crippen LogP contribution in [0.15, 0.2) is 34.0 Å². The molecule has 0 N–H and O–H groups in total. The van der Waals surface area contributed by atoms with E-state index < -0.39 is 21.6 Å². The number of aromatic nitrogens is 1. The van der Waals surface area contributed by atoms with E-state index in [9.17, 15) is 21.6 Å². The predicted octanol–water partition coefficient (Wildman–Crippen LogP) is 3.23. The van der Waals surface area contributed by atoms with Crippen LogP contribution in [0.1, 0.15) is 5.56 Å². The highest BCUT2D eigenvalue weighted by Crippen LogP contribution is 2.32. The minimum Gasteiger partial charge on any atom is -0.225 e. The third-order valence-corrected chi connectivity index (χ3v) is 4.84. The zero-order valence-electron chi connectivity index (χ0n) is 9.60. The van der Waals surface area contributed by atoms with Crippen molar-refractivity contribution in [3.05, 3.63) is 35.2 Å². The molecular weight excluding hydrogens is 299 g/mol. The van der Waals surface area contributed by atoms with Gasteiger partial charge in [0.2, 0.25) is 14.2 Å². The van der Waals surface area contributed by atoms with Crippen molar-refractivity contribution in [1.82, 2.24) is 4.98 Å². The molecule has 19 heavy (non-hydrogen) atoms. The maximum absolute atomic E-state index is 12.6. The second kappa shape index (κ2) is 4.61. The van der Waals surface area contributed by atoms with Gasteiger partial charge in [-0.3, -0.25) is 0 Å². The molecule has 1 aromatic heterocycles. The van der Waals surface area contributed by atoms with Gasteiger partial charge < -0.3 is 0 Å². The number of alkyl halides is 3. The smallest absolute Gasteiger partial charge is 0.225 e. The van der Waals surface area contributed by atoms with E-state index in [2.05, 4.69) is 4.98 Å². The number of thiazole rings is 1. The summed E-state index contributed by atoms with van der Waals surface area (Å²) < 4.78 is 60.1. The zero-order valence-corrected chi connectivity index (χ0v) is 11.2. The third kappa shape index (κ3) is 3.13. The molecule has 0 unspecified atom stereocenters. The highest BCUT2D eigenvalue weighted by Gasteiger charge is 2.30. The Balaban J connectivity index is 2.46. The van der Waals surface area contributed by atoms with Crippen LogP contribution in [0.2, 0.25) is 0 Å². The summed E-state index contributed by atoms with van der Waals surface area (Å²) in [4.78, 5) is 3.84. The van der Waals surface area contributed by atoms with E-state index in [-0.39, 0.29) is 15.6 Å². The van der Waals surface area contributed by atoms with Crippen molar-refractivity contribution < 1.29 is 21.6 Å². The molecule has 0 aliphatic heterocycles. The number of rotatable bonds is 2. The first-order chi connectivity index (χ1) is 8.68. The molecule has 1 heterocycles. The topological polar surface area (TPSA) is 47.0 Å². The predicted molar refractivity (Wildman–Crippen MR) is 65.7 cm³/mol. The number of nitrogens with zero attached hydrogens (tertiary/aromatic N) is 1. The van der Waals surface area contributed by atoms with Gasteiger partial charge in [0.25, 0.3) is 0 Å². The van der Waals surface area contributed by atoms with Gasteiger partial charge in [0.1, 0.15) is 0 Å². The van der Waals surface area contributed by atoms with Crippen LogP contribution in [-0.4, -0.2) is 19.7 Å². The van der Waals surface area contributed by atoms with E-state index in [1.54, 1.807) is 0 Å². The van der Waals surface area contributed by atoms with E-state index >= 15 is 0 Å². The molecule has 0 spiro atoms. The molecule has 2 rings (SSSR count). The molecule has 0 radical (unpaired) electrons. The lowest BCUT2D eigenvalue weighted by molar-refractivity contribution is -0.137. The Morgan fingerprint density at radius 2 is 1.95 bits per heavy atom. The molecule has 0 atom stereocenters. The molecule has 0 aliphatic carbocycles. The van der Waals surface area contributed by atoms with E-state index in [1.165, 1.54) is 17.5 Å². The summed E-state index contributed by atoms with van der Waals surface area (Å²) in [5, 5.41) is 1.42. The molecule has 0 saturated heterocycles. The molecule has 2 aromatic rings. The first kappa shape index (κ1) is 14.0. The van der Waals surface area contributed by atoms with E-state index in [0.717, 1.165) is 29.7 Å². The standard InChI is InChI=1S/C11H8F3NO2S2/c1-19(16,17)10-15-9(6-18-10)7-3-2-4-8(5-7)11(12,13)14/h2-6H,1H3. The number of sulfone groups is 1. The summed E-state index contributed by atoms with van der Waals surface area (Å²) >= 11 is 0.884. The fourth-order valence-corrected chi connectivity index (χ4v) is 3.07. The Labute approximate surface area is 111 Å². The Kier molecular flexibility index (Phi) is 3.40. The summed E-state index contributed by atoms with van der Waals surface area (Å²) in [6.45, 7) is 0. The van der Waals surface area contributed by atoms with Crippen LogP contribution >= 0.6 is 11.3 Å². The van der Waals surface area contributed by atoms with Gasteiger partial charge in [-0.2, -0.15) is 13.2 Å². The van der Waals surface area contributed by atoms with Crippen LogP contribution in [0.25, 0.3) is 11.3 Å². The molecule has 102 valence electrons. The fourth-order valence-electron chi connectivity index (χ4n) is 1.42. The summed E-state index contributed by atoms with van der Waals surface area (Å²) in [5.41, 5.74) is -0.337. The molecule has 0 saturated carbocycles. The average Bonchev–Trinajstić information content (AvgIpc) is 2.77. The monoisotopic (exact) mass is 307 g/mol. The highest BCUT2D eigenvalue weighted by atomic mass is 32.2. The maximum atomic E-state index is 12.6. The van der Waals surface area contributed by atoms with Gasteiger partial charge in [-0.25, -0.2) is 13.4 Å². The molecule has 0 bridgehead atoms. The quantitative estimate of drug-likeness (QED) is 0.856. The Morgan fingerprint density at radius 3 is 2.47 bits per heavy atom. The Hall–Kier alpha value is -1.41. The van der Waals surface area contributed by atoms with Crippen LogP contribution < -0.4 is 0 Å². The van der Waals surface area contributed by atoms with E-state index in [1.807, 2.05) is 0 Å². The zero-order chi connectivity index (χ0) is 14.3. The van der Waals surface area contributed by atoms with Crippen molar-refractivity contribution in [3.63, 3.8) is 0 Å². The normalized spacial score (nSPS) is 12.6. The van der Waals surface area contributed by atoms with Crippen LogP contribution in [0, 0.1) is 0 Å².